The Labute approximate surface area is 137 Å². The van der Waals surface area contributed by atoms with E-state index in [1.54, 1.807) is 0 Å². The quantitative estimate of drug-likeness (QED) is 0.645. The lowest BCUT2D eigenvalue weighted by molar-refractivity contribution is -0.123. The van der Waals surface area contributed by atoms with Gasteiger partial charge in [-0.05, 0) is 43.9 Å². The standard InChI is InChI=1S/C18H26N2O3/c1-4-6-7-14(21)11-19-12(3)13-8-9-15-17(10-13)23-16(5-2)18(22)20-15/h4,8-10,12,14,16,19,21H,1,5-7,11H2,2-3H3,(H,20,22). The molecule has 23 heavy (non-hydrogen) atoms. The number of carbonyl (C=O) groups is 1. The third kappa shape index (κ3) is 4.56. The van der Waals surface area contributed by atoms with Crippen molar-refractivity contribution in [2.45, 2.75) is 51.4 Å². The van der Waals surface area contributed by atoms with Crippen molar-refractivity contribution in [1.82, 2.24) is 5.32 Å². The van der Waals surface area contributed by atoms with Crippen molar-refractivity contribution in [2.75, 3.05) is 11.9 Å². The van der Waals surface area contributed by atoms with Gasteiger partial charge in [0.05, 0.1) is 11.8 Å². The summed E-state index contributed by atoms with van der Waals surface area (Å²) in [6.07, 6.45) is 3.16. The Bertz CT molecular complexity index is 559. The highest BCUT2D eigenvalue weighted by molar-refractivity contribution is 5.97. The Balaban J connectivity index is 1.98. The SMILES string of the molecule is C=CCCC(O)CNC(C)c1ccc2c(c1)OC(CC)C(=O)N2. The Kier molecular flexibility index (Phi) is 6.19. The Morgan fingerprint density at radius 2 is 2.30 bits per heavy atom. The molecule has 1 aromatic rings. The molecule has 1 heterocycles. The number of carbonyl (C=O) groups excluding carboxylic acids is 1. The molecule has 2 rings (SSSR count). The van der Waals surface area contributed by atoms with E-state index in [1.807, 2.05) is 38.1 Å². The number of hydrogen-bond acceptors (Lipinski definition) is 4. The van der Waals surface area contributed by atoms with Crippen LogP contribution in [-0.4, -0.2) is 29.8 Å². The molecular formula is C18H26N2O3. The molecule has 0 bridgehead atoms. The van der Waals surface area contributed by atoms with E-state index in [2.05, 4.69) is 17.2 Å². The maximum Gasteiger partial charge on any atom is 0.265 e. The van der Waals surface area contributed by atoms with E-state index >= 15 is 0 Å². The lowest BCUT2D eigenvalue weighted by Crippen LogP contribution is -2.36. The third-order valence-corrected chi connectivity index (χ3v) is 4.06. The van der Waals surface area contributed by atoms with Gasteiger partial charge in [0.15, 0.2) is 6.10 Å². The van der Waals surface area contributed by atoms with E-state index in [-0.39, 0.29) is 18.1 Å². The summed E-state index contributed by atoms with van der Waals surface area (Å²) in [6.45, 7) is 8.16. The van der Waals surface area contributed by atoms with Crippen LogP contribution < -0.4 is 15.4 Å². The zero-order chi connectivity index (χ0) is 16.8. The topological polar surface area (TPSA) is 70.6 Å². The minimum atomic E-state index is -0.429. The molecule has 0 fully saturated rings. The van der Waals surface area contributed by atoms with Gasteiger partial charge in [0.1, 0.15) is 5.75 Å². The van der Waals surface area contributed by atoms with Crippen molar-refractivity contribution in [3.8, 4) is 5.75 Å². The summed E-state index contributed by atoms with van der Waals surface area (Å²) in [6, 6.07) is 5.86. The number of allylic oxidation sites excluding steroid dienone is 1. The van der Waals surface area contributed by atoms with E-state index in [9.17, 15) is 9.90 Å². The molecule has 3 N–H and O–H groups in total. The summed E-state index contributed by atoms with van der Waals surface area (Å²) in [5.74, 6) is 0.610. The molecule has 1 aliphatic heterocycles. The average Bonchev–Trinajstić information content (AvgIpc) is 2.56. The normalized spacial score (nSPS) is 19.3. The fourth-order valence-corrected chi connectivity index (χ4v) is 2.54. The van der Waals surface area contributed by atoms with Gasteiger partial charge in [-0.25, -0.2) is 0 Å². The Hall–Kier alpha value is -1.85. The van der Waals surface area contributed by atoms with Gasteiger partial charge in [0.2, 0.25) is 0 Å². The molecule has 5 nitrogen and oxygen atoms in total. The van der Waals surface area contributed by atoms with Crippen LogP contribution in [0.5, 0.6) is 5.75 Å². The number of nitrogens with one attached hydrogen (secondary N) is 2. The van der Waals surface area contributed by atoms with Crippen molar-refractivity contribution in [3.05, 3.63) is 36.4 Å². The second-order valence-corrected chi connectivity index (χ2v) is 5.91. The predicted molar refractivity (Wildman–Crippen MR) is 91.6 cm³/mol. The summed E-state index contributed by atoms with van der Waals surface area (Å²) < 4.78 is 5.76. The number of aliphatic hydroxyl groups is 1. The predicted octanol–water partition coefficient (Wildman–Crippen LogP) is 2.77. The van der Waals surface area contributed by atoms with E-state index < -0.39 is 6.10 Å². The maximum atomic E-state index is 11.8. The van der Waals surface area contributed by atoms with Crippen LogP contribution in [-0.2, 0) is 4.79 Å². The van der Waals surface area contributed by atoms with Crippen LogP contribution in [0.1, 0.15) is 44.7 Å². The van der Waals surface area contributed by atoms with Gasteiger partial charge in [-0.15, -0.1) is 6.58 Å². The summed E-state index contributed by atoms with van der Waals surface area (Å²) >= 11 is 0. The zero-order valence-corrected chi connectivity index (χ0v) is 13.8. The summed E-state index contributed by atoms with van der Waals surface area (Å²) in [5.41, 5.74) is 1.77. The highest BCUT2D eigenvalue weighted by Gasteiger charge is 2.26. The maximum absolute atomic E-state index is 11.8. The van der Waals surface area contributed by atoms with Crippen LogP contribution >= 0.6 is 0 Å². The van der Waals surface area contributed by atoms with E-state index in [0.717, 1.165) is 12.0 Å². The first-order valence-corrected chi connectivity index (χ1v) is 8.19. The molecular weight excluding hydrogens is 292 g/mol. The minimum Gasteiger partial charge on any atom is -0.478 e. The Morgan fingerprint density at radius 1 is 1.52 bits per heavy atom. The van der Waals surface area contributed by atoms with Gasteiger partial charge in [-0.1, -0.05) is 19.1 Å². The molecule has 5 heteroatoms. The highest BCUT2D eigenvalue weighted by Crippen LogP contribution is 2.32. The summed E-state index contributed by atoms with van der Waals surface area (Å²) in [5, 5.41) is 16.1. The molecule has 1 aromatic carbocycles. The lowest BCUT2D eigenvalue weighted by Gasteiger charge is -2.26. The molecule has 0 saturated carbocycles. The number of aliphatic hydroxyl groups excluding tert-OH is 1. The number of anilines is 1. The molecule has 0 aliphatic carbocycles. The van der Waals surface area contributed by atoms with Crippen LogP contribution in [0.4, 0.5) is 5.69 Å². The van der Waals surface area contributed by atoms with Crippen LogP contribution in [0.2, 0.25) is 0 Å². The molecule has 0 spiro atoms. The van der Waals surface area contributed by atoms with E-state index in [4.69, 9.17) is 4.74 Å². The summed E-state index contributed by atoms with van der Waals surface area (Å²) in [4.78, 5) is 11.8. The molecule has 3 atom stereocenters. The van der Waals surface area contributed by atoms with Crippen molar-refractivity contribution in [1.29, 1.82) is 0 Å². The fourth-order valence-electron chi connectivity index (χ4n) is 2.54. The monoisotopic (exact) mass is 318 g/mol. The molecule has 0 aromatic heterocycles. The molecule has 3 unspecified atom stereocenters. The van der Waals surface area contributed by atoms with Crippen molar-refractivity contribution >= 4 is 11.6 Å². The van der Waals surface area contributed by atoms with Gasteiger partial charge in [0, 0.05) is 12.6 Å². The van der Waals surface area contributed by atoms with E-state index in [0.29, 0.717) is 30.8 Å². The zero-order valence-electron chi connectivity index (χ0n) is 13.8. The van der Waals surface area contributed by atoms with Crippen molar-refractivity contribution in [3.63, 3.8) is 0 Å². The molecule has 1 aliphatic rings. The first-order chi connectivity index (χ1) is 11.0. The lowest BCUT2D eigenvalue weighted by atomic mass is 10.1. The van der Waals surface area contributed by atoms with Gasteiger partial charge in [-0.2, -0.15) is 0 Å². The van der Waals surface area contributed by atoms with Gasteiger partial charge in [0.25, 0.3) is 5.91 Å². The minimum absolute atomic E-state index is 0.0833. The van der Waals surface area contributed by atoms with Crippen molar-refractivity contribution < 1.29 is 14.6 Å². The molecule has 126 valence electrons. The molecule has 0 saturated heterocycles. The van der Waals surface area contributed by atoms with Gasteiger partial charge >= 0.3 is 0 Å². The molecule has 0 radical (unpaired) electrons. The second-order valence-electron chi connectivity index (χ2n) is 5.91. The largest absolute Gasteiger partial charge is 0.478 e. The number of hydrogen-bond donors (Lipinski definition) is 3. The third-order valence-electron chi connectivity index (χ3n) is 4.06. The van der Waals surface area contributed by atoms with Gasteiger partial charge in [-0.3, -0.25) is 4.79 Å². The van der Waals surface area contributed by atoms with Crippen molar-refractivity contribution in [2.24, 2.45) is 0 Å². The first kappa shape index (κ1) is 17.5. The average molecular weight is 318 g/mol. The second kappa shape index (κ2) is 8.13. The van der Waals surface area contributed by atoms with Crippen LogP contribution in [0.15, 0.2) is 30.9 Å². The van der Waals surface area contributed by atoms with Crippen LogP contribution in [0, 0.1) is 0 Å². The highest BCUT2D eigenvalue weighted by atomic mass is 16.5. The Morgan fingerprint density at radius 3 is 3.00 bits per heavy atom. The van der Waals surface area contributed by atoms with Gasteiger partial charge < -0.3 is 20.5 Å². The first-order valence-electron chi connectivity index (χ1n) is 8.19. The summed E-state index contributed by atoms with van der Waals surface area (Å²) in [7, 11) is 0. The fraction of sp³-hybridized carbons (Fsp3) is 0.500. The number of benzene rings is 1. The van der Waals surface area contributed by atoms with E-state index in [1.165, 1.54) is 0 Å². The number of rotatable bonds is 8. The number of ether oxygens (including phenoxy) is 1. The number of amides is 1. The van der Waals surface area contributed by atoms with Crippen LogP contribution in [0.3, 0.4) is 0 Å². The number of fused-ring (bicyclic) bond motifs is 1. The molecule has 1 amide bonds. The smallest absolute Gasteiger partial charge is 0.265 e. The van der Waals surface area contributed by atoms with Crippen LogP contribution in [0.25, 0.3) is 0 Å².